The molecule has 0 bridgehead atoms. The summed E-state index contributed by atoms with van der Waals surface area (Å²) >= 11 is 11.8. The van der Waals surface area contributed by atoms with Crippen LogP contribution < -0.4 is 10.1 Å². The molecule has 22 heavy (non-hydrogen) atoms. The summed E-state index contributed by atoms with van der Waals surface area (Å²) in [6, 6.07) is 11.8. The topological polar surface area (TPSA) is 58.6 Å². The van der Waals surface area contributed by atoms with E-state index in [4.69, 9.17) is 27.9 Å². The van der Waals surface area contributed by atoms with Crippen molar-refractivity contribution < 1.29 is 14.6 Å². The number of aliphatic hydroxyl groups excluding tert-OH is 1. The van der Waals surface area contributed by atoms with Gasteiger partial charge in [0.15, 0.2) is 6.10 Å². The number of anilines is 1. The van der Waals surface area contributed by atoms with Gasteiger partial charge in [0.05, 0.1) is 11.6 Å². The standard InChI is InChI=1S/C16H15Cl2NO3/c1-10(22-15-7-6-12(17)8-13(15)18)16(21)19-14-5-3-2-4-11(14)9-20/h2-8,10,20H,9H2,1H3,(H,19,21)/t10-/m0/s1. The van der Waals surface area contributed by atoms with Gasteiger partial charge >= 0.3 is 0 Å². The van der Waals surface area contributed by atoms with Crippen LogP contribution >= 0.6 is 23.2 Å². The van der Waals surface area contributed by atoms with Crippen molar-refractivity contribution in [2.45, 2.75) is 19.6 Å². The number of nitrogens with one attached hydrogen (secondary N) is 1. The van der Waals surface area contributed by atoms with Gasteiger partial charge in [0.2, 0.25) is 0 Å². The van der Waals surface area contributed by atoms with E-state index >= 15 is 0 Å². The Kier molecular flexibility index (Phi) is 5.66. The molecule has 0 aromatic heterocycles. The Morgan fingerprint density at radius 2 is 2.00 bits per heavy atom. The van der Waals surface area contributed by atoms with E-state index in [1.54, 1.807) is 49.4 Å². The fourth-order valence-electron chi connectivity index (χ4n) is 1.83. The monoisotopic (exact) mass is 339 g/mol. The second-order valence-electron chi connectivity index (χ2n) is 4.64. The molecule has 0 heterocycles. The van der Waals surface area contributed by atoms with Crippen molar-refractivity contribution in [3.63, 3.8) is 0 Å². The molecule has 1 amide bonds. The van der Waals surface area contributed by atoms with Gasteiger partial charge in [-0.05, 0) is 31.2 Å². The molecule has 2 aromatic rings. The van der Waals surface area contributed by atoms with Crippen molar-refractivity contribution in [3.8, 4) is 5.75 Å². The van der Waals surface area contributed by atoms with Crippen LogP contribution in [0.25, 0.3) is 0 Å². The molecule has 0 fully saturated rings. The number of ether oxygens (including phenoxy) is 1. The summed E-state index contributed by atoms with van der Waals surface area (Å²) in [5, 5.41) is 12.8. The van der Waals surface area contributed by atoms with Gasteiger partial charge < -0.3 is 15.2 Å². The number of carbonyl (C=O) groups excluding carboxylic acids is 1. The van der Waals surface area contributed by atoms with Crippen molar-refractivity contribution in [2.24, 2.45) is 0 Å². The first-order valence-corrected chi connectivity index (χ1v) is 7.38. The number of hydrogen-bond acceptors (Lipinski definition) is 3. The summed E-state index contributed by atoms with van der Waals surface area (Å²) in [6.07, 6.45) is -0.759. The van der Waals surface area contributed by atoms with Crippen molar-refractivity contribution in [1.82, 2.24) is 0 Å². The Morgan fingerprint density at radius 3 is 2.68 bits per heavy atom. The van der Waals surface area contributed by atoms with E-state index < -0.39 is 6.10 Å². The maximum Gasteiger partial charge on any atom is 0.265 e. The highest BCUT2D eigenvalue weighted by Gasteiger charge is 2.17. The highest BCUT2D eigenvalue weighted by Crippen LogP contribution is 2.28. The van der Waals surface area contributed by atoms with Crippen LogP contribution in [0.4, 0.5) is 5.69 Å². The first kappa shape index (κ1) is 16.6. The summed E-state index contributed by atoms with van der Waals surface area (Å²) in [6.45, 7) is 1.45. The average Bonchev–Trinajstić information content (AvgIpc) is 2.50. The Bertz CT molecular complexity index is 676. The van der Waals surface area contributed by atoms with E-state index in [0.717, 1.165) is 0 Å². The van der Waals surface area contributed by atoms with Crippen LogP contribution in [0.2, 0.25) is 10.0 Å². The minimum absolute atomic E-state index is 0.158. The molecule has 0 radical (unpaired) electrons. The average molecular weight is 340 g/mol. The van der Waals surface area contributed by atoms with Crippen molar-refractivity contribution in [2.75, 3.05) is 5.32 Å². The molecule has 2 aromatic carbocycles. The second-order valence-corrected chi connectivity index (χ2v) is 5.48. The van der Waals surface area contributed by atoms with Gasteiger partial charge in [-0.25, -0.2) is 0 Å². The number of para-hydroxylation sites is 1. The summed E-state index contributed by atoms with van der Waals surface area (Å²) in [5.74, 6) is 0.0380. The van der Waals surface area contributed by atoms with Gasteiger partial charge in [-0.15, -0.1) is 0 Å². The van der Waals surface area contributed by atoms with Crippen molar-refractivity contribution >= 4 is 34.8 Å². The molecule has 6 heteroatoms. The number of halogens is 2. The van der Waals surface area contributed by atoms with E-state index in [1.807, 2.05) is 0 Å². The van der Waals surface area contributed by atoms with E-state index in [1.165, 1.54) is 0 Å². The minimum atomic E-state index is -0.759. The number of amides is 1. The van der Waals surface area contributed by atoms with Gasteiger partial charge in [0.25, 0.3) is 5.91 Å². The lowest BCUT2D eigenvalue weighted by molar-refractivity contribution is -0.122. The van der Waals surface area contributed by atoms with Gasteiger partial charge in [-0.1, -0.05) is 41.4 Å². The lowest BCUT2D eigenvalue weighted by atomic mass is 10.2. The van der Waals surface area contributed by atoms with Crippen LogP contribution in [0.5, 0.6) is 5.75 Å². The largest absolute Gasteiger partial charge is 0.479 e. The maximum atomic E-state index is 12.2. The number of hydrogen-bond donors (Lipinski definition) is 2. The van der Waals surface area contributed by atoms with Gasteiger partial charge in [-0.3, -0.25) is 4.79 Å². The Hall–Kier alpha value is -1.75. The predicted molar refractivity (Wildman–Crippen MR) is 87.5 cm³/mol. The highest BCUT2D eigenvalue weighted by molar-refractivity contribution is 6.35. The van der Waals surface area contributed by atoms with Crippen LogP contribution in [-0.4, -0.2) is 17.1 Å². The smallest absolute Gasteiger partial charge is 0.265 e. The zero-order chi connectivity index (χ0) is 16.1. The Labute approximate surface area is 138 Å². The molecule has 0 spiro atoms. The second kappa shape index (κ2) is 7.49. The minimum Gasteiger partial charge on any atom is -0.479 e. The SMILES string of the molecule is C[C@H](Oc1ccc(Cl)cc1Cl)C(=O)Nc1ccccc1CO. The summed E-state index contributed by atoms with van der Waals surface area (Å²) < 4.78 is 5.54. The Morgan fingerprint density at radius 1 is 1.27 bits per heavy atom. The first-order valence-electron chi connectivity index (χ1n) is 6.62. The zero-order valence-electron chi connectivity index (χ0n) is 11.8. The lowest BCUT2D eigenvalue weighted by Gasteiger charge is -2.17. The van der Waals surface area contributed by atoms with Crippen LogP contribution in [0.3, 0.4) is 0 Å². The van der Waals surface area contributed by atoms with Crippen LogP contribution in [0.1, 0.15) is 12.5 Å². The van der Waals surface area contributed by atoms with Gasteiger partial charge in [0.1, 0.15) is 5.75 Å². The molecule has 4 nitrogen and oxygen atoms in total. The molecule has 0 aliphatic heterocycles. The van der Waals surface area contributed by atoms with Crippen molar-refractivity contribution in [3.05, 3.63) is 58.1 Å². The molecule has 1 atom stereocenters. The van der Waals surface area contributed by atoms with Crippen LogP contribution in [-0.2, 0) is 11.4 Å². The third-order valence-electron chi connectivity index (χ3n) is 3.01. The zero-order valence-corrected chi connectivity index (χ0v) is 13.4. The highest BCUT2D eigenvalue weighted by atomic mass is 35.5. The van der Waals surface area contributed by atoms with E-state index in [9.17, 15) is 9.90 Å². The number of benzene rings is 2. The molecular weight excluding hydrogens is 325 g/mol. The number of carbonyl (C=O) groups is 1. The maximum absolute atomic E-state index is 12.2. The summed E-state index contributed by atoms with van der Waals surface area (Å²) in [7, 11) is 0. The van der Waals surface area contributed by atoms with Gasteiger partial charge in [0, 0.05) is 16.3 Å². The molecule has 116 valence electrons. The summed E-state index contributed by atoms with van der Waals surface area (Å²) in [4.78, 5) is 12.2. The fourth-order valence-corrected chi connectivity index (χ4v) is 2.28. The molecular formula is C16H15Cl2NO3. The predicted octanol–water partition coefficient (Wildman–Crippen LogP) is 3.89. The quantitative estimate of drug-likeness (QED) is 0.868. The lowest BCUT2D eigenvalue weighted by Crippen LogP contribution is -2.30. The molecule has 0 unspecified atom stereocenters. The number of rotatable bonds is 5. The third-order valence-corrected chi connectivity index (χ3v) is 3.54. The number of aliphatic hydroxyl groups is 1. The molecule has 0 saturated heterocycles. The van der Waals surface area contributed by atoms with Gasteiger partial charge in [-0.2, -0.15) is 0 Å². The fraction of sp³-hybridized carbons (Fsp3) is 0.188. The van der Waals surface area contributed by atoms with Crippen LogP contribution in [0.15, 0.2) is 42.5 Å². The summed E-state index contributed by atoms with van der Waals surface area (Å²) in [5.41, 5.74) is 1.18. The molecule has 2 rings (SSSR count). The molecule has 0 aliphatic rings. The van der Waals surface area contributed by atoms with Crippen LogP contribution in [0, 0.1) is 0 Å². The Balaban J connectivity index is 2.06. The molecule has 2 N–H and O–H groups in total. The molecule has 0 aliphatic carbocycles. The molecule has 0 saturated carbocycles. The van der Waals surface area contributed by atoms with Crippen molar-refractivity contribution in [1.29, 1.82) is 0 Å². The normalized spacial score (nSPS) is 11.8. The first-order chi connectivity index (χ1) is 10.5. The van der Waals surface area contributed by atoms with E-state index in [2.05, 4.69) is 5.32 Å². The third kappa shape index (κ3) is 4.13. The van der Waals surface area contributed by atoms with E-state index in [0.29, 0.717) is 27.0 Å². The van der Waals surface area contributed by atoms with E-state index in [-0.39, 0.29) is 12.5 Å².